The number of aromatic nitrogens is 2. The Morgan fingerprint density at radius 2 is 2.00 bits per heavy atom. The summed E-state index contributed by atoms with van der Waals surface area (Å²) in [4.78, 5) is 0. The second kappa shape index (κ2) is 5.47. The average molecular weight is 215 g/mol. The number of nitrogens with zero attached hydrogens (tertiary/aromatic N) is 2. The van der Waals surface area contributed by atoms with Crippen LogP contribution in [0.3, 0.4) is 0 Å². The molecule has 16 heavy (non-hydrogen) atoms. The molecule has 3 nitrogen and oxygen atoms in total. The van der Waals surface area contributed by atoms with Crippen LogP contribution >= 0.6 is 0 Å². The van der Waals surface area contributed by atoms with Crippen molar-refractivity contribution in [3.8, 4) is 5.69 Å². The van der Waals surface area contributed by atoms with Gasteiger partial charge < -0.3 is 5.32 Å². The summed E-state index contributed by atoms with van der Waals surface area (Å²) >= 11 is 0. The van der Waals surface area contributed by atoms with Gasteiger partial charge in [0.25, 0.3) is 0 Å². The molecule has 0 atom stereocenters. The quantitative estimate of drug-likeness (QED) is 0.776. The monoisotopic (exact) mass is 215 g/mol. The highest BCUT2D eigenvalue weighted by Crippen LogP contribution is 2.09. The van der Waals surface area contributed by atoms with Gasteiger partial charge in [-0.3, -0.25) is 0 Å². The van der Waals surface area contributed by atoms with Crippen molar-refractivity contribution in [1.29, 1.82) is 0 Å². The van der Waals surface area contributed by atoms with Gasteiger partial charge in [0.2, 0.25) is 0 Å². The van der Waals surface area contributed by atoms with Crippen molar-refractivity contribution in [2.45, 2.75) is 19.9 Å². The fourth-order valence-electron chi connectivity index (χ4n) is 1.66. The molecule has 0 aliphatic heterocycles. The smallest absolute Gasteiger partial charge is 0.0649 e. The van der Waals surface area contributed by atoms with Crippen LogP contribution in [-0.4, -0.2) is 16.3 Å². The van der Waals surface area contributed by atoms with Crippen LogP contribution in [0.5, 0.6) is 0 Å². The number of benzene rings is 1. The highest BCUT2D eigenvalue weighted by atomic mass is 15.3. The molecule has 0 spiro atoms. The van der Waals surface area contributed by atoms with Crippen LogP contribution in [0.1, 0.15) is 19.0 Å². The van der Waals surface area contributed by atoms with Crippen molar-refractivity contribution in [2.75, 3.05) is 6.54 Å². The van der Waals surface area contributed by atoms with Crippen LogP contribution in [0.25, 0.3) is 5.69 Å². The number of hydrogen-bond acceptors (Lipinski definition) is 2. The van der Waals surface area contributed by atoms with Gasteiger partial charge in [-0.05, 0) is 31.2 Å². The average Bonchev–Trinajstić information content (AvgIpc) is 2.79. The molecule has 0 aliphatic carbocycles. The molecular formula is C13H17N3. The number of hydrogen-bond donors (Lipinski definition) is 1. The molecule has 1 N–H and O–H groups in total. The molecule has 0 fully saturated rings. The summed E-state index contributed by atoms with van der Waals surface area (Å²) in [6, 6.07) is 12.3. The Hall–Kier alpha value is -1.61. The van der Waals surface area contributed by atoms with Crippen LogP contribution in [0.4, 0.5) is 0 Å². The lowest BCUT2D eigenvalue weighted by Gasteiger charge is -2.07. The fraction of sp³-hybridized carbons (Fsp3) is 0.308. The fourth-order valence-corrected chi connectivity index (χ4v) is 1.66. The maximum absolute atomic E-state index is 4.34. The zero-order valence-corrected chi connectivity index (χ0v) is 9.56. The molecule has 2 aromatic rings. The second-order valence-corrected chi connectivity index (χ2v) is 3.75. The van der Waals surface area contributed by atoms with E-state index in [1.807, 2.05) is 29.1 Å². The van der Waals surface area contributed by atoms with E-state index < -0.39 is 0 Å². The lowest BCUT2D eigenvalue weighted by atomic mass is 10.3. The van der Waals surface area contributed by atoms with Gasteiger partial charge in [0.05, 0.1) is 11.4 Å². The molecule has 2 rings (SSSR count). The van der Waals surface area contributed by atoms with Gasteiger partial charge in [-0.1, -0.05) is 25.1 Å². The van der Waals surface area contributed by atoms with Crippen LogP contribution < -0.4 is 5.32 Å². The third-order valence-electron chi connectivity index (χ3n) is 2.45. The Morgan fingerprint density at radius 1 is 1.19 bits per heavy atom. The van der Waals surface area contributed by atoms with E-state index in [4.69, 9.17) is 0 Å². The van der Waals surface area contributed by atoms with E-state index in [1.54, 1.807) is 0 Å². The third kappa shape index (κ3) is 2.49. The Kier molecular flexibility index (Phi) is 3.72. The highest BCUT2D eigenvalue weighted by molar-refractivity contribution is 5.32. The molecule has 1 aromatic heterocycles. The number of nitrogens with one attached hydrogen (secondary N) is 1. The largest absolute Gasteiger partial charge is 0.311 e. The molecule has 0 aliphatic rings. The Balaban J connectivity index is 2.13. The van der Waals surface area contributed by atoms with E-state index in [0.717, 1.165) is 25.2 Å². The zero-order valence-electron chi connectivity index (χ0n) is 9.56. The van der Waals surface area contributed by atoms with Crippen molar-refractivity contribution in [3.05, 3.63) is 48.3 Å². The molecule has 0 bridgehead atoms. The maximum atomic E-state index is 4.34. The predicted octanol–water partition coefficient (Wildman–Crippen LogP) is 2.37. The summed E-state index contributed by atoms with van der Waals surface area (Å²) in [6.07, 6.45) is 3.00. The molecule has 0 amide bonds. The minimum absolute atomic E-state index is 0.864. The third-order valence-corrected chi connectivity index (χ3v) is 2.45. The SMILES string of the molecule is CCCNCc1ccnn1-c1ccccc1. The molecule has 0 saturated carbocycles. The zero-order chi connectivity index (χ0) is 11.2. The highest BCUT2D eigenvalue weighted by Gasteiger charge is 2.02. The summed E-state index contributed by atoms with van der Waals surface area (Å²) in [6.45, 7) is 4.07. The Labute approximate surface area is 96.1 Å². The van der Waals surface area contributed by atoms with Gasteiger partial charge in [-0.25, -0.2) is 4.68 Å². The summed E-state index contributed by atoms with van der Waals surface area (Å²) in [7, 11) is 0. The molecule has 1 aromatic carbocycles. The summed E-state index contributed by atoms with van der Waals surface area (Å²) in [5.74, 6) is 0. The van der Waals surface area contributed by atoms with E-state index in [1.165, 1.54) is 5.69 Å². The normalized spacial score (nSPS) is 10.6. The van der Waals surface area contributed by atoms with Crippen LogP contribution in [0.15, 0.2) is 42.6 Å². The first-order valence-corrected chi connectivity index (χ1v) is 5.71. The van der Waals surface area contributed by atoms with Gasteiger partial charge in [-0.15, -0.1) is 0 Å². The first-order valence-electron chi connectivity index (χ1n) is 5.71. The second-order valence-electron chi connectivity index (χ2n) is 3.75. The number of rotatable bonds is 5. The van der Waals surface area contributed by atoms with E-state index in [-0.39, 0.29) is 0 Å². The van der Waals surface area contributed by atoms with E-state index in [9.17, 15) is 0 Å². The predicted molar refractivity (Wildman–Crippen MR) is 65.6 cm³/mol. The number of para-hydroxylation sites is 1. The molecule has 1 heterocycles. The molecule has 0 unspecified atom stereocenters. The summed E-state index contributed by atoms with van der Waals surface area (Å²) in [5.41, 5.74) is 2.31. The van der Waals surface area contributed by atoms with E-state index in [0.29, 0.717) is 0 Å². The van der Waals surface area contributed by atoms with Crippen molar-refractivity contribution >= 4 is 0 Å². The van der Waals surface area contributed by atoms with Crippen LogP contribution in [0.2, 0.25) is 0 Å². The van der Waals surface area contributed by atoms with Gasteiger partial charge >= 0.3 is 0 Å². The van der Waals surface area contributed by atoms with Crippen LogP contribution in [-0.2, 0) is 6.54 Å². The Morgan fingerprint density at radius 3 is 2.75 bits per heavy atom. The van der Waals surface area contributed by atoms with Crippen molar-refractivity contribution in [2.24, 2.45) is 0 Å². The molecule has 0 radical (unpaired) electrons. The minimum Gasteiger partial charge on any atom is -0.311 e. The lowest BCUT2D eigenvalue weighted by molar-refractivity contribution is 0.644. The van der Waals surface area contributed by atoms with Gasteiger partial charge in [0, 0.05) is 12.7 Å². The van der Waals surface area contributed by atoms with Gasteiger partial charge in [-0.2, -0.15) is 5.10 Å². The van der Waals surface area contributed by atoms with E-state index in [2.05, 4.69) is 35.5 Å². The van der Waals surface area contributed by atoms with E-state index >= 15 is 0 Å². The first-order chi connectivity index (χ1) is 7.92. The van der Waals surface area contributed by atoms with Gasteiger partial charge in [0.1, 0.15) is 0 Å². The van der Waals surface area contributed by atoms with Crippen molar-refractivity contribution in [1.82, 2.24) is 15.1 Å². The molecule has 3 heteroatoms. The van der Waals surface area contributed by atoms with Gasteiger partial charge in [0.15, 0.2) is 0 Å². The van der Waals surface area contributed by atoms with Crippen LogP contribution in [0, 0.1) is 0 Å². The standard InChI is InChI=1S/C13H17N3/c1-2-9-14-11-13-8-10-15-16(13)12-6-4-3-5-7-12/h3-8,10,14H,2,9,11H2,1H3. The minimum atomic E-state index is 0.864. The summed E-state index contributed by atoms with van der Waals surface area (Å²) in [5, 5.41) is 7.73. The first kappa shape index (κ1) is 10.9. The molecule has 0 saturated heterocycles. The molecular weight excluding hydrogens is 198 g/mol. The van der Waals surface area contributed by atoms with Crippen molar-refractivity contribution < 1.29 is 0 Å². The summed E-state index contributed by atoms with van der Waals surface area (Å²) < 4.78 is 1.97. The lowest BCUT2D eigenvalue weighted by Crippen LogP contribution is -2.16. The molecule has 84 valence electrons. The van der Waals surface area contributed by atoms with Crippen molar-refractivity contribution in [3.63, 3.8) is 0 Å². The maximum Gasteiger partial charge on any atom is 0.0649 e. The topological polar surface area (TPSA) is 29.9 Å². The Bertz CT molecular complexity index is 420.